The molecule has 3 N–H and O–H groups in total. The van der Waals surface area contributed by atoms with Crippen molar-refractivity contribution in [2.45, 2.75) is 37.2 Å². The van der Waals surface area contributed by atoms with Gasteiger partial charge in [-0.15, -0.1) is 0 Å². The molecule has 0 radical (unpaired) electrons. The highest BCUT2D eigenvalue weighted by atomic mass is 16.3. The maximum Gasteiger partial charge on any atom is 0.223 e. The van der Waals surface area contributed by atoms with Gasteiger partial charge in [-0.2, -0.15) is 0 Å². The van der Waals surface area contributed by atoms with Crippen molar-refractivity contribution < 1.29 is 20.1 Å². The van der Waals surface area contributed by atoms with E-state index in [1.54, 1.807) is 0 Å². The Bertz CT molecular complexity index is 232. The molecule has 1 amide bonds. The molecule has 2 heterocycles. The molecule has 4 atom stereocenters. The van der Waals surface area contributed by atoms with Crippen molar-refractivity contribution in [1.29, 1.82) is 0 Å². The van der Waals surface area contributed by atoms with Gasteiger partial charge in [0.1, 0.15) is 6.10 Å². The van der Waals surface area contributed by atoms with Crippen LogP contribution in [-0.4, -0.2) is 57.0 Å². The average Bonchev–Trinajstić information content (AvgIpc) is 2.38. The molecule has 0 saturated carbocycles. The fourth-order valence-corrected chi connectivity index (χ4v) is 2.13. The van der Waals surface area contributed by atoms with Crippen LogP contribution < -0.4 is 0 Å². The maximum atomic E-state index is 11.3. The first-order valence-corrected chi connectivity index (χ1v) is 4.45. The summed E-state index contributed by atoms with van der Waals surface area (Å²) in [5, 5.41) is 28.3. The van der Waals surface area contributed by atoms with E-state index in [-0.39, 0.29) is 12.5 Å². The van der Waals surface area contributed by atoms with Crippen LogP contribution in [0.15, 0.2) is 0 Å². The number of aliphatic hydroxyl groups excluding tert-OH is 3. The molecule has 0 bridgehead atoms. The van der Waals surface area contributed by atoms with Crippen molar-refractivity contribution in [2.75, 3.05) is 6.54 Å². The summed E-state index contributed by atoms with van der Waals surface area (Å²) in [7, 11) is 0. The smallest absolute Gasteiger partial charge is 0.223 e. The van der Waals surface area contributed by atoms with E-state index < -0.39 is 24.4 Å². The Labute approximate surface area is 75.6 Å². The van der Waals surface area contributed by atoms with E-state index in [1.807, 2.05) is 0 Å². The summed E-state index contributed by atoms with van der Waals surface area (Å²) in [5.41, 5.74) is 0. The van der Waals surface area contributed by atoms with E-state index >= 15 is 0 Å². The number of piperidine rings is 1. The first-order valence-electron chi connectivity index (χ1n) is 4.45. The van der Waals surface area contributed by atoms with Crippen LogP contribution in [-0.2, 0) is 4.79 Å². The van der Waals surface area contributed by atoms with E-state index in [9.17, 15) is 20.1 Å². The van der Waals surface area contributed by atoms with E-state index in [0.717, 1.165) is 0 Å². The second-order valence-corrected chi connectivity index (χ2v) is 3.70. The maximum absolute atomic E-state index is 11.3. The van der Waals surface area contributed by atoms with Crippen LogP contribution in [0.5, 0.6) is 0 Å². The minimum absolute atomic E-state index is 0.0918. The fraction of sp³-hybridized carbons (Fsp3) is 0.875. The third-order valence-electron chi connectivity index (χ3n) is 2.86. The molecule has 0 aromatic rings. The third-order valence-corrected chi connectivity index (χ3v) is 2.86. The lowest BCUT2D eigenvalue weighted by molar-refractivity contribution is -0.141. The summed E-state index contributed by atoms with van der Waals surface area (Å²) in [5.74, 6) is -0.0918. The van der Waals surface area contributed by atoms with Gasteiger partial charge in [0, 0.05) is 13.0 Å². The number of nitrogens with zero attached hydrogens (tertiary/aromatic N) is 1. The van der Waals surface area contributed by atoms with Gasteiger partial charge >= 0.3 is 0 Å². The first kappa shape index (κ1) is 8.93. The number of fused-ring (bicyclic) bond motifs is 1. The highest BCUT2D eigenvalue weighted by Gasteiger charge is 2.48. The molecule has 0 aromatic heterocycles. The quantitative estimate of drug-likeness (QED) is 0.412. The summed E-state index contributed by atoms with van der Waals surface area (Å²) < 4.78 is 0. The van der Waals surface area contributed by atoms with Crippen molar-refractivity contribution in [3.8, 4) is 0 Å². The standard InChI is InChI=1S/C8H13NO4/c10-4-1-2-6(12)9-3-5(11)8(13)7(4)9/h4-5,7-8,10-11,13H,1-3H2. The van der Waals surface area contributed by atoms with Gasteiger partial charge < -0.3 is 20.2 Å². The van der Waals surface area contributed by atoms with Gasteiger partial charge in [-0.05, 0) is 6.42 Å². The molecule has 74 valence electrons. The molecule has 5 nitrogen and oxygen atoms in total. The SMILES string of the molecule is O=C1CCC(O)C2C(O)C(O)CN12. The van der Waals surface area contributed by atoms with Gasteiger partial charge in [-0.1, -0.05) is 0 Å². The predicted molar refractivity (Wildman–Crippen MR) is 42.8 cm³/mol. The van der Waals surface area contributed by atoms with Crippen LogP contribution in [0.4, 0.5) is 0 Å². The first-order chi connectivity index (χ1) is 6.11. The molecule has 4 unspecified atom stereocenters. The second-order valence-electron chi connectivity index (χ2n) is 3.70. The summed E-state index contributed by atoms with van der Waals surface area (Å²) in [6.45, 7) is 0.141. The van der Waals surface area contributed by atoms with Crippen molar-refractivity contribution in [2.24, 2.45) is 0 Å². The summed E-state index contributed by atoms with van der Waals surface area (Å²) in [6, 6.07) is -0.601. The highest BCUT2D eigenvalue weighted by molar-refractivity contribution is 5.78. The monoisotopic (exact) mass is 187 g/mol. The molecule has 0 spiro atoms. The van der Waals surface area contributed by atoms with Crippen LogP contribution in [0.1, 0.15) is 12.8 Å². The molecule has 2 fully saturated rings. The molecular weight excluding hydrogens is 174 g/mol. The van der Waals surface area contributed by atoms with Gasteiger partial charge in [0.15, 0.2) is 0 Å². The van der Waals surface area contributed by atoms with Crippen LogP contribution >= 0.6 is 0 Å². The van der Waals surface area contributed by atoms with Crippen LogP contribution in [0, 0.1) is 0 Å². The molecule has 5 heteroatoms. The fourth-order valence-electron chi connectivity index (χ4n) is 2.13. The Kier molecular flexibility index (Phi) is 2.02. The Balaban J connectivity index is 2.22. The minimum atomic E-state index is -1.00. The van der Waals surface area contributed by atoms with Crippen LogP contribution in [0.3, 0.4) is 0 Å². The molecule has 0 aliphatic carbocycles. The topological polar surface area (TPSA) is 81.0 Å². The lowest BCUT2D eigenvalue weighted by atomic mass is 9.97. The van der Waals surface area contributed by atoms with Gasteiger partial charge in [-0.3, -0.25) is 4.79 Å². The zero-order valence-electron chi connectivity index (χ0n) is 7.13. The highest BCUT2D eigenvalue weighted by Crippen LogP contribution is 2.28. The van der Waals surface area contributed by atoms with Crippen molar-refractivity contribution in [3.05, 3.63) is 0 Å². The molecule has 0 aromatic carbocycles. The summed E-state index contributed by atoms with van der Waals surface area (Å²) >= 11 is 0. The van der Waals surface area contributed by atoms with Crippen LogP contribution in [0.2, 0.25) is 0 Å². The van der Waals surface area contributed by atoms with Crippen molar-refractivity contribution in [1.82, 2.24) is 4.90 Å². The van der Waals surface area contributed by atoms with Gasteiger partial charge in [-0.25, -0.2) is 0 Å². The summed E-state index contributed by atoms with van der Waals surface area (Å²) in [6.07, 6.45) is -1.94. The normalized spacial score (nSPS) is 45.2. The lowest BCUT2D eigenvalue weighted by Gasteiger charge is -2.34. The van der Waals surface area contributed by atoms with E-state index in [0.29, 0.717) is 12.8 Å². The van der Waals surface area contributed by atoms with Crippen LogP contribution in [0.25, 0.3) is 0 Å². The Morgan fingerprint density at radius 3 is 2.54 bits per heavy atom. The number of hydrogen-bond acceptors (Lipinski definition) is 4. The minimum Gasteiger partial charge on any atom is -0.391 e. The number of amides is 1. The van der Waals surface area contributed by atoms with Crippen molar-refractivity contribution in [3.63, 3.8) is 0 Å². The lowest BCUT2D eigenvalue weighted by Crippen LogP contribution is -2.51. The molecular formula is C8H13NO4. The Morgan fingerprint density at radius 2 is 1.92 bits per heavy atom. The molecule has 2 aliphatic heterocycles. The van der Waals surface area contributed by atoms with E-state index in [2.05, 4.69) is 0 Å². The van der Waals surface area contributed by atoms with E-state index in [1.165, 1.54) is 4.90 Å². The Morgan fingerprint density at radius 1 is 1.23 bits per heavy atom. The number of carbonyl (C=O) groups excluding carboxylic acids is 1. The average molecular weight is 187 g/mol. The van der Waals surface area contributed by atoms with Crippen molar-refractivity contribution >= 4 is 5.91 Å². The second kappa shape index (κ2) is 2.94. The Hall–Kier alpha value is -0.650. The summed E-state index contributed by atoms with van der Waals surface area (Å²) in [4.78, 5) is 12.7. The molecule has 2 aliphatic rings. The van der Waals surface area contributed by atoms with Gasteiger partial charge in [0.05, 0.1) is 18.2 Å². The largest absolute Gasteiger partial charge is 0.391 e. The van der Waals surface area contributed by atoms with Gasteiger partial charge in [0.25, 0.3) is 0 Å². The van der Waals surface area contributed by atoms with E-state index in [4.69, 9.17) is 0 Å². The number of carbonyl (C=O) groups is 1. The number of aliphatic hydroxyl groups is 3. The zero-order chi connectivity index (χ0) is 9.59. The molecule has 2 saturated heterocycles. The predicted octanol–water partition coefficient (Wildman–Crippen LogP) is -1.93. The molecule has 2 rings (SSSR count). The third kappa shape index (κ3) is 1.23. The zero-order valence-corrected chi connectivity index (χ0v) is 7.13. The van der Waals surface area contributed by atoms with Gasteiger partial charge in [0.2, 0.25) is 5.91 Å². The number of rotatable bonds is 0. The molecule has 13 heavy (non-hydrogen) atoms. The number of hydrogen-bond donors (Lipinski definition) is 3.